The van der Waals surface area contributed by atoms with Crippen molar-refractivity contribution in [3.63, 3.8) is 0 Å². The average Bonchev–Trinajstić information content (AvgIpc) is 2.40. The van der Waals surface area contributed by atoms with Crippen molar-refractivity contribution < 1.29 is 0 Å². The standard InChI is InChI=1S/C18H29N/c1-6-15-13-16(10-8-9-11-19)17(12-14(15)3)18(4,5)7-2/h9,11-13H,6-8,10,19H2,1-5H3/b11-9-. The Morgan fingerprint density at radius 3 is 2.37 bits per heavy atom. The first-order chi connectivity index (χ1) is 8.96. The lowest BCUT2D eigenvalue weighted by molar-refractivity contribution is 0.500. The van der Waals surface area contributed by atoms with Crippen LogP contribution < -0.4 is 5.73 Å². The molecule has 0 spiro atoms. The van der Waals surface area contributed by atoms with Gasteiger partial charge in [0.25, 0.3) is 0 Å². The fraction of sp³-hybridized carbons (Fsp3) is 0.556. The molecule has 0 atom stereocenters. The second-order valence-electron chi connectivity index (χ2n) is 5.99. The van der Waals surface area contributed by atoms with Crippen LogP contribution in [0.15, 0.2) is 24.4 Å². The van der Waals surface area contributed by atoms with Crippen molar-refractivity contribution in [2.45, 2.75) is 65.7 Å². The SMILES string of the molecule is CCc1cc(CC/C=C\N)c(C(C)(C)CC)cc1C. The highest BCUT2D eigenvalue weighted by Gasteiger charge is 2.22. The highest BCUT2D eigenvalue weighted by Crippen LogP contribution is 2.32. The van der Waals surface area contributed by atoms with Crippen LogP contribution in [0.4, 0.5) is 0 Å². The van der Waals surface area contributed by atoms with E-state index in [1.807, 2.05) is 6.08 Å². The number of allylic oxidation sites excluding steroid dienone is 1. The lowest BCUT2D eigenvalue weighted by Crippen LogP contribution is -2.19. The molecule has 1 heteroatoms. The van der Waals surface area contributed by atoms with Crippen LogP contribution in [0, 0.1) is 6.92 Å². The largest absolute Gasteiger partial charge is 0.405 e. The maximum atomic E-state index is 5.44. The van der Waals surface area contributed by atoms with Crippen LogP contribution in [-0.2, 0) is 18.3 Å². The van der Waals surface area contributed by atoms with E-state index in [9.17, 15) is 0 Å². The number of rotatable bonds is 6. The van der Waals surface area contributed by atoms with Gasteiger partial charge < -0.3 is 5.73 Å². The summed E-state index contributed by atoms with van der Waals surface area (Å²) in [4.78, 5) is 0. The average molecular weight is 259 g/mol. The van der Waals surface area contributed by atoms with E-state index in [1.165, 1.54) is 22.3 Å². The summed E-state index contributed by atoms with van der Waals surface area (Å²) in [5.74, 6) is 0. The molecule has 1 rings (SSSR count). The topological polar surface area (TPSA) is 26.0 Å². The molecule has 0 radical (unpaired) electrons. The molecular weight excluding hydrogens is 230 g/mol. The van der Waals surface area contributed by atoms with E-state index < -0.39 is 0 Å². The van der Waals surface area contributed by atoms with Crippen LogP contribution in [0.1, 0.15) is 62.8 Å². The van der Waals surface area contributed by atoms with Gasteiger partial charge in [0.05, 0.1) is 0 Å². The third-order valence-electron chi connectivity index (χ3n) is 4.27. The maximum Gasteiger partial charge on any atom is -0.0103 e. The van der Waals surface area contributed by atoms with Crippen LogP contribution in [0.5, 0.6) is 0 Å². The molecule has 0 unspecified atom stereocenters. The van der Waals surface area contributed by atoms with E-state index in [2.05, 4.69) is 46.8 Å². The molecule has 0 aliphatic rings. The normalized spacial score (nSPS) is 12.3. The number of benzene rings is 1. The van der Waals surface area contributed by atoms with E-state index in [0.29, 0.717) is 0 Å². The predicted molar refractivity (Wildman–Crippen MR) is 85.5 cm³/mol. The number of aryl methyl sites for hydroxylation is 3. The molecule has 0 saturated carbocycles. The van der Waals surface area contributed by atoms with E-state index in [1.54, 1.807) is 6.20 Å². The molecule has 0 aliphatic heterocycles. The van der Waals surface area contributed by atoms with Crippen molar-refractivity contribution in [3.8, 4) is 0 Å². The van der Waals surface area contributed by atoms with Crippen molar-refractivity contribution in [2.75, 3.05) is 0 Å². The highest BCUT2D eigenvalue weighted by molar-refractivity contribution is 5.42. The molecule has 0 fully saturated rings. The molecule has 0 bridgehead atoms. The summed E-state index contributed by atoms with van der Waals surface area (Å²) >= 11 is 0. The van der Waals surface area contributed by atoms with Gasteiger partial charge in [-0.3, -0.25) is 0 Å². The summed E-state index contributed by atoms with van der Waals surface area (Å²) in [5, 5.41) is 0. The summed E-state index contributed by atoms with van der Waals surface area (Å²) in [5.41, 5.74) is 11.6. The minimum atomic E-state index is 0.249. The zero-order valence-electron chi connectivity index (χ0n) is 13.2. The first-order valence-corrected chi connectivity index (χ1v) is 7.45. The Morgan fingerprint density at radius 2 is 1.84 bits per heavy atom. The minimum Gasteiger partial charge on any atom is -0.405 e. The van der Waals surface area contributed by atoms with Crippen molar-refractivity contribution >= 4 is 0 Å². The smallest absolute Gasteiger partial charge is 0.0103 e. The third kappa shape index (κ3) is 3.86. The Hall–Kier alpha value is -1.24. The molecular formula is C18H29N. The molecule has 0 aliphatic carbocycles. The van der Waals surface area contributed by atoms with E-state index >= 15 is 0 Å². The van der Waals surface area contributed by atoms with Crippen LogP contribution in [0.2, 0.25) is 0 Å². The van der Waals surface area contributed by atoms with Gasteiger partial charge in [0.1, 0.15) is 0 Å². The summed E-state index contributed by atoms with van der Waals surface area (Å²) in [7, 11) is 0. The van der Waals surface area contributed by atoms with Gasteiger partial charge in [0, 0.05) is 0 Å². The second kappa shape index (κ2) is 6.79. The molecule has 1 aromatic rings. The second-order valence-corrected chi connectivity index (χ2v) is 5.99. The van der Waals surface area contributed by atoms with Gasteiger partial charge in [0.2, 0.25) is 0 Å². The van der Waals surface area contributed by atoms with E-state index in [-0.39, 0.29) is 5.41 Å². The summed E-state index contributed by atoms with van der Waals surface area (Å²) < 4.78 is 0. The van der Waals surface area contributed by atoms with Gasteiger partial charge in [-0.15, -0.1) is 0 Å². The van der Waals surface area contributed by atoms with Gasteiger partial charge in [-0.1, -0.05) is 45.9 Å². The summed E-state index contributed by atoms with van der Waals surface area (Å²) in [6.45, 7) is 11.4. The molecule has 0 saturated heterocycles. The highest BCUT2D eigenvalue weighted by atomic mass is 14.5. The van der Waals surface area contributed by atoms with E-state index in [4.69, 9.17) is 5.73 Å². The Balaban J connectivity index is 3.22. The lowest BCUT2D eigenvalue weighted by atomic mass is 9.77. The summed E-state index contributed by atoms with van der Waals surface area (Å²) in [6, 6.07) is 4.82. The van der Waals surface area contributed by atoms with Crippen molar-refractivity contribution in [1.82, 2.24) is 0 Å². The van der Waals surface area contributed by atoms with Crippen molar-refractivity contribution in [1.29, 1.82) is 0 Å². The van der Waals surface area contributed by atoms with E-state index in [0.717, 1.165) is 25.7 Å². The third-order valence-corrected chi connectivity index (χ3v) is 4.27. The zero-order valence-corrected chi connectivity index (χ0v) is 13.2. The van der Waals surface area contributed by atoms with Gasteiger partial charge in [-0.05, 0) is 66.5 Å². The first-order valence-electron chi connectivity index (χ1n) is 7.45. The van der Waals surface area contributed by atoms with Crippen LogP contribution in [0.3, 0.4) is 0 Å². The molecule has 0 amide bonds. The molecule has 1 aromatic carbocycles. The fourth-order valence-electron chi connectivity index (χ4n) is 2.55. The Morgan fingerprint density at radius 1 is 1.16 bits per heavy atom. The zero-order chi connectivity index (χ0) is 14.5. The van der Waals surface area contributed by atoms with Gasteiger partial charge >= 0.3 is 0 Å². The molecule has 19 heavy (non-hydrogen) atoms. The maximum absolute atomic E-state index is 5.44. The first kappa shape index (κ1) is 15.8. The predicted octanol–water partition coefficient (Wildman–Crippen LogP) is 4.65. The van der Waals surface area contributed by atoms with Crippen molar-refractivity contribution in [3.05, 3.63) is 46.7 Å². The van der Waals surface area contributed by atoms with Gasteiger partial charge in [-0.25, -0.2) is 0 Å². The Labute approximate surface area is 118 Å². The molecule has 1 nitrogen and oxygen atoms in total. The van der Waals surface area contributed by atoms with Gasteiger partial charge in [-0.2, -0.15) is 0 Å². The van der Waals surface area contributed by atoms with Crippen LogP contribution in [-0.4, -0.2) is 0 Å². The Bertz CT molecular complexity index is 441. The number of hydrogen-bond donors (Lipinski definition) is 1. The fourth-order valence-corrected chi connectivity index (χ4v) is 2.55. The van der Waals surface area contributed by atoms with Gasteiger partial charge in [0.15, 0.2) is 0 Å². The monoisotopic (exact) mass is 259 g/mol. The molecule has 0 aromatic heterocycles. The van der Waals surface area contributed by atoms with Crippen molar-refractivity contribution in [2.24, 2.45) is 5.73 Å². The Kier molecular flexibility index (Phi) is 5.65. The van der Waals surface area contributed by atoms with Crippen LogP contribution >= 0.6 is 0 Å². The van der Waals surface area contributed by atoms with Crippen LogP contribution in [0.25, 0.3) is 0 Å². The number of nitrogens with two attached hydrogens (primary N) is 1. The summed E-state index contributed by atoms with van der Waals surface area (Å²) in [6.07, 6.45) is 8.08. The molecule has 2 N–H and O–H groups in total. The quantitative estimate of drug-likeness (QED) is 0.790. The number of hydrogen-bond acceptors (Lipinski definition) is 1. The lowest BCUT2D eigenvalue weighted by Gasteiger charge is -2.28. The molecule has 106 valence electrons. The molecule has 0 heterocycles. The minimum absolute atomic E-state index is 0.249.